The normalized spacial score (nSPS) is 33.4. The monoisotopic (exact) mass is 289 g/mol. The molecule has 2 unspecified atom stereocenters. The molecule has 0 bridgehead atoms. The molecule has 0 saturated heterocycles. The molecule has 2 N–H and O–H groups in total. The highest BCUT2D eigenvalue weighted by atomic mass is 14.7. The molecule has 120 valence electrons. The molecule has 0 amide bonds. The lowest BCUT2D eigenvalue weighted by atomic mass is 9.51. The van der Waals surface area contributed by atoms with Crippen molar-refractivity contribution in [2.24, 2.45) is 11.7 Å². The Morgan fingerprint density at radius 1 is 0.619 bits per heavy atom. The van der Waals surface area contributed by atoms with Crippen molar-refractivity contribution in [1.82, 2.24) is 0 Å². The first kappa shape index (κ1) is 17.4. The van der Waals surface area contributed by atoms with Crippen LogP contribution in [0.4, 0.5) is 0 Å². The van der Waals surface area contributed by atoms with Crippen LogP contribution in [0.3, 0.4) is 0 Å². The Hall–Kier alpha value is 0.0249. The maximum atomic E-state index is 6.86. The van der Waals surface area contributed by atoms with Crippen LogP contribution in [0.1, 0.15) is 103 Å². The van der Waals surface area contributed by atoms with Crippen molar-refractivity contribution in [3.8, 4) is 0 Å². The molecule has 0 aromatic heterocycles. The Kier molecular flexibility index (Phi) is 7.64. The Balaban J connectivity index is 1.95. The lowest BCUT2D eigenvalue weighted by molar-refractivity contribution is 0.209. The highest BCUT2D eigenvalue weighted by Crippen LogP contribution is 2.49. The van der Waals surface area contributed by atoms with Crippen LogP contribution >= 0.6 is 0 Å². The summed E-state index contributed by atoms with van der Waals surface area (Å²) < 4.78 is 0. The van der Waals surface area contributed by atoms with Crippen molar-refractivity contribution in [3.05, 3.63) is 0 Å². The van der Waals surface area contributed by atoms with E-state index in [0.717, 1.165) is 0 Å². The van der Waals surface area contributed by atoms with E-state index in [1.54, 1.807) is 0 Å². The van der Waals surface area contributed by atoms with E-state index >= 15 is 0 Å². The lowest BCUT2D eigenvalue weighted by Crippen LogP contribution is -2.40. The fraction of sp³-hybridized carbons (Fsp3) is 1.00. The van der Waals surface area contributed by atoms with E-state index in [9.17, 15) is 0 Å². The van der Waals surface area contributed by atoms with Crippen LogP contribution in [-0.2, 0) is 0 Å². The fourth-order valence-electron chi connectivity index (χ4n) is 4.69. The third-order valence-corrected chi connectivity index (χ3v) is 6.09. The van der Waals surface area contributed by atoms with Gasteiger partial charge in [0.2, 0.25) is 0 Å². The molecule has 1 nitrogen and oxygen atoms in total. The average Bonchev–Trinajstić information content (AvgIpc) is 2.50. The largest absolute Gasteiger partial charge is 0.327 e. The van der Waals surface area contributed by atoms with Crippen molar-refractivity contribution in [3.63, 3.8) is 0 Å². The number of nitrogens with two attached hydrogens (primary N) is 1. The smallest absolute Gasteiger partial charge is 0.0750 e. The predicted octanol–water partition coefficient (Wildman–Crippen LogP) is 5.53. The van der Waals surface area contributed by atoms with E-state index in [0.29, 0.717) is 12.0 Å². The molecule has 2 saturated carbocycles. The summed E-state index contributed by atoms with van der Waals surface area (Å²) in [6.45, 7) is 0. The van der Waals surface area contributed by atoms with Crippen LogP contribution in [-0.4, -0.2) is 13.9 Å². The van der Waals surface area contributed by atoms with Crippen molar-refractivity contribution >= 4 is 7.85 Å². The summed E-state index contributed by atoms with van der Waals surface area (Å²) in [6, 6.07) is 0.342. The molecule has 0 aromatic rings. The summed E-state index contributed by atoms with van der Waals surface area (Å²) in [4.78, 5) is 0. The Labute approximate surface area is 134 Å². The van der Waals surface area contributed by atoms with Gasteiger partial charge in [0.25, 0.3) is 0 Å². The summed E-state index contributed by atoms with van der Waals surface area (Å²) >= 11 is 0. The lowest BCUT2D eigenvalue weighted by Gasteiger charge is -2.44. The van der Waals surface area contributed by atoms with Crippen LogP contribution in [0.15, 0.2) is 0 Å². The van der Waals surface area contributed by atoms with Gasteiger partial charge in [0, 0.05) is 6.04 Å². The van der Waals surface area contributed by atoms with Gasteiger partial charge in [-0.15, -0.1) is 0 Å². The molecule has 21 heavy (non-hydrogen) atoms. The summed E-state index contributed by atoms with van der Waals surface area (Å²) in [5.41, 5.74) is 6.63. The molecular weight excluding hydrogens is 253 g/mol. The first-order valence-corrected chi connectivity index (χ1v) is 9.77. The average molecular weight is 289 g/mol. The molecule has 2 rings (SSSR count). The van der Waals surface area contributed by atoms with Gasteiger partial charge in [0.05, 0.1) is 7.85 Å². The highest BCUT2D eigenvalue weighted by molar-refractivity contribution is 6.15. The molecule has 0 aliphatic heterocycles. The molecule has 2 radical (unpaired) electrons. The number of hydrogen-bond donors (Lipinski definition) is 1. The van der Waals surface area contributed by atoms with Crippen LogP contribution in [0.2, 0.25) is 5.31 Å². The van der Waals surface area contributed by atoms with E-state index in [-0.39, 0.29) is 5.31 Å². The van der Waals surface area contributed by atoms with Gasteiger partial charge in [-0.3, -0.25) is 0 Å². The van der Waals surface area contributed by atoms with Gasteiger partial charge in [-0.25, -0.2) is 0 Å². The first-order chi connectivity index (χ1) is 10.2. The molecule has 0 heterocycles. The minimum absolute atomic E-state index is 0.0534. The van der Waals surface area contributed by atoms with Gasteiger partial charge in [-0.2, -0.15) is 0 Å². The second-order valence-electron chi connectivity index (χ2n) is 7.82. The fourth-order valence-corrected chi connectivity index (χ4v) is 4.69. The quantitative estimate of drug-likeness (QED) is 0.631. The van der Waals surface area contributed by atoms with E-state index in [1.165, 1.54) is 103 Å². The van der Waals surface area contributed by atoms with Gasteiger partial charge in [0.15, 0.2) is 0 Å². The molecule has 2 fully saturated rings. The van der Waals surface area contributed by atoms with Gasteiger partial charge < -0.3 is 5.73 Å². The molecule has 0 aromatic carbocycles. The topological polar surface area (TPSA) is 26.0 Å². The SMILES string of the molecule is [B]C1(C2CCCCCCCCCCCC2N)CCCCC1. The zero-order valence-electron chi connectivity index (χ0n) is 14.1. The van der Waals surface area contributed by atoms with Crippen molar-refractivity contribution < 1.29 is 0 Å². The zero-order chi connectivity index (χ0) is 15.0. The first-order valence-electron chi connectivity index (χ1n) is 9.77. The summed E-state index contributed by atoms with van der Waals surface area (Å²) in [6.07, 6.45) is 21.5. The van der Waals surface area contributed by atoms with Gasteiger partial charge in [-0.1, -0.05) is 95.2 Å². The third kappa shape index (κ3) is 5.62. The second-order valence-corrected chi connectivity index (χ2v) is 7.82. The van der Waals surface area contributed by atoms with Gasteiger partial charge in [0.1, 0.15) is 0 Å². The second kappa shape index (κ2) is 9.23. The summed E-state index contributed by atoms with van der Waals surface area (Å²) in [7, 11) is 6.86. The maximum absolute atomic E-state index is 6.86. The Morgan fingerprint density at radius 2 is 1.05 bits per heavy atom. The Morgan fingerprint density at radius 3 is 1.62 bits per heavy atom. The number of hydrogen-bond acceptors (Lipinski definition) is 1. The molecule has 2 atom stereocenters. The Bertz CT molecular complexity index is 273. The minimum atomic E-state index is 0.0534. The molecule has 2 aliphatic rings. The van der Waals surface area contributed by atoms with Crippen LogP contribution in [0.25, 0.3) is 0 Å². The highest BCUT2D eigenvalue weighted by Gasteiger charge is 2.37. The molecular formula is C19H36BN. The van der Waals surface area contributed by atoms with E-state index in [2.05, 4.69) is 0 Å². The maximum Gasteiger partial charge on any atom is 0.0750 e. The van der Waals surface area contributed by atoms with Crippen molar-refractivity contribution in [1.29, 1.82) is 0 Å². The number of rotatable bonds is 1. The molecule has 2 aliphatic carbocycles. The molecule has 2 heteroatoms. The van der Waals surface area contributed by atoms with E-state index in [4.69, 9.17) is 13.6 Å². The minimum Gasteiger partial charge on any atom is -0.327 e. The van der Waals surface area contributed by atoms with Crippen LogP contribution in [0.5, 0.6) is 0 Å². The summed E-state index contributed by atoms with van der Waals surface area (Å²) in [5.74, 6) is 0.568. The summed E-state index contributed by atoms with van der Waals surface area (Å²) in [5, 5.41) is 0.0534. The van der Waals surface area contributed by atoms with E-state index in [1.807, 2.05) is 0 Å². The van der Waals surface area contributed by atoms with Gasteiger partial charge in [-0.05, 0) is 18.8 Å². The molecule has 0 spiro atoms. The van der Waals surface area contributed by atoms with Crippen LogP contribution in [0, 0.1) is 5.92 Å². The zero-order valence-corrected chi connectivity index (χ0v) is 14.1. The van der Waals surface area contributed by atoms with Crippen molar-refractivity contribution in [2.75, 3.05) is 0 Å². The predicted molar refractivity (Wildman–Crippen MR) is 93.8 cm³/mol. The third-order valence-electron chi connectivity index (χ3n) is 6.09. The van der Waals surface area contributed by atoms with Crippen LogP contribution < -0.4 is 5.73 Å². The van der Waals surface area contributed by atoms with Crippen molar-refractivity contribution in [2.45, 2.75) is 114 Å². The standard InChI is InChI=1S/C19H36BN/c20-19(15-11-8-12-16-19)17-13-9-6-4-2-1-3-5-7-10-14-18(17)21/h17-18H,1-16,21H2. The van der Waals surface area contributed by atoms with E-state index < -0.39 is 0 Å². The van der Waals surface area contributed by atoms with Gasteiger partial charge >= 0.3 is 0 Å².